The maximum absolute atomic E-state index is 12.6. The van der Waals surface area contributed by atoms with E-state index in [9.17, 15) is 8.42 Å². The number of sulfonamides is 1. The van der Waals surface area contributed by atoms with E-state index in [0.717, 1.165) is 27.2 Å². The summed E-state index contributed by atoms with van der Waals surface area (Å²) in [5.41, 5.74) is 2.32. The van der Waals surface area contributed by atoms with Crippen molar-refractivity contribution in [1.29, 1.82) is 0 Å². The molecule has 1 atom stereocenters. The second-order valence-corrected chi connectivity index (χ2v) is 10.5. The van der Waals surface area contributed by atoms with E-state index < -0.39 is 10.0 Å². The fourth-order valence-electron chi connectivity index (χ4n) is 3.19. The molecule has 2 heterocycles. The summed E-state index contributed by atoms with van der Waals surface area (Å²) in [6.07, 6.45) is 0. The Morgan fingerprint density at radius 2 is 1.87 bits per heavy atom. The molecule has 168 valence electrons. The van der Waals surface area contributed by atoms with Crippen LogP contribution in [0.3, 0.4) is 0 Å². The zero-order valence-electron chi connectivity index (χ0n) is 17.2. The smallest absolute Gasteiger partial charge is 0.244 e. The summed E-state index contributed by atoms with van der Waals surface area (Å²) >= 11 is 8.11. The third-order valence-corrected chi connectivity index (χ3v) is 8.30. The van der Waals surface area contributed by atoms with Crippen LogP contribution in [0.2, 0.25) is 5.02 Å². The number of nitrogens with zero attached hydrogens (tertiary/aromatic N) is 2. The van der Waals surface area contributed by atoms with Crippen molar-refractivity contribution in [3.05, 3.63) is 52.4 Å². The number of anilines is 1. The molecular weight excluding hydrogens is 526 g/mol. The Balaban J connectivity index is 0.00000272. The van der Waals surface area contributed by atoms with Crippen LogP contribution in [0.15, 0.2) is 46.7 Å². The second kappa shape index (κ2) is 9.50. The number of halogens is 2. The van der Waals surface area contributed by atoms with Gasteiger partial charge in [0.15, 0.2) is 17.0 Å². The molecule has 0 aromatic heterocycles. The Morgan fingerprint density at radius 1 is 1.16 bits per heavy atom. The molecule has 31 heavy (non-hydrogen) atoms. The van der Waals surface area contributed by atoms with Gasteiger partial charge in [0.25, 0.3) is 0 Å². The number of thioether (sulfide) groups is 1. The van der Waals surface area contributed by atoms with Crippen LogP contribution in [0.4, 0.5) is 5.69 Å². The number of ether oxygens (including phenoxy) is 2. The van der Waals surface area contributed by atoms with Gasteiger partial charge in [-0.15, -0.1) is 17.0 Å². The number of hydrogen-bond donors (Lipinski definition) is 1. The highest BCUT2D eigenvalue weighted by atomic mass is 79.9. The highest BCUT2D eigenvalue weighted by molar-refractivity contribution is 8.93. The van der Waals surface area contributed by atoms with E-state index >= 15 is 0 Å². The van der Waals surface area contributed by atoms with Gasteiger partial charge in [0.05, 0.1) is 10.7 Å². The molecule has 2 aliphatic rings. The van der Waals surface area contributed by atoms with Crippen LogP contribution in [0.1, 0.15) is 5.56 Å². The Hall–Kier alpha value is -1.59. The van der Waals surface area contributed by atoms with E-state index in [-0.39, 0.29) is 32.4 Å². The van der Waals surface area contributed by atoms with Crippen molar-refractivity contribution in [1.82, 2.24) is 9.21 Å². The van der Waals surface area contributed by atoms with Gasteiger partial charge in [0.1, 0.15) is 18.1 Å². The maximum atomic E-state index is 12.6. The molecule has 0 saturated carbocycles. The molecule has 2 aromatic carbocycles. The first-order valence-electron chi connectivity index (χ1n) is 9.25. The van der Waals surface area contributed by atoms with Crippen molar-refractivity contribution >= 4 is 61.8 Å². The van der Waals surface area contributed by atoms with Crippen molar-refractivity contribution in [3.63, 3.8) is 0 Å². The minimum absolute atomic E-state index is 0. The standard InChI is InChI=1S/C20H22ClN3O4S2.BrH/c1-23(2)30(25,26)18-6-4-5-14(19(18)21)15-12-29-20(24(15)3)22-13-7-8-16-17(11-13)28-10-9-27-16;/h4-8,11-12,20,22H,9-10H2,1-3H3;1H. The minimum atomic E-state index is -3.64. The van der Waals surface area contributed by atoms with Gasteiger partial charge in [-0.2, -0.15) is 0 Å². The summed E-state index contributed by atoms with van der Waals surface area (Å²) in [6, 6.07) is 10.8. The predicted molar refractivity (Wildman–Crippen MR) is 131 cm³/mol. The summed E-state index contributed by atoms with van der Waals surface area (Å²) in [4.78, 5) is 2.11. The van der Waals surface area contributed by atoms with Crippen LogP contribution in [0, 0.1) is 0 Å². The van der Waals surface area contributed by atoms with Crippen LogP contribution < -0.4 is 14.8 Å². The largest absolute Gasteiger partial charge is 0.486 e. The van der Waals surface area contributed by atoms with Gasteiger partial charge >= 0.3 is 0 Å². The van der Waals surface area contributed by atoms with Crippen LogP contribution in [-0.2, 0) is 10.0 Å². The summed E-state index contributed by atoms with van der Waals surface area (Å²) in [5, 5.41) is 5.64. The van der Waals surface area contributed by atoms with E-state index in [1.54, 1.807) is 17.8 Å². The van der Waals surface area contributed by atoms with Gasteiger partial charge < -0.3 is 19.7 Å². The molecular formula is C20H23BrClN3O4S2. The normalized spacial score (nSPS) is 17.9. The first-order valence-corrected chi connectivity index (χ1v) is 12.0. The second-order valence-electron chi connectivity index (χ2n) is 7.01. The lowest BCUT2D eigenvalue weighted by Gasteiger charge is -2.27. The third kappa shape index (κ3) is 4.63. The lowest BCUT2D eigenvalue weighted by Crippen LogP contribution is -2.30. The van der Waals surface area contributed by atoms with Gasteiger partial charge in [0.2, 0.25) is 10.0 Å². The summed E-state index contributed by atoms with van der Waals surface area (Å²) in [7, 11) is 1.27. The molecule has 7 nitrogen and oxygen atoms in total. The number of nitrogens with one attached hydrogen (secondary N) is 1. The highest BCUT2D eigenvalue weighted by Gasteiger charge is 2.29. The fraction of sp³-hybridized carbons (Fsp3) is 0.300. The van der Waals surface area contributed by atoms with E-state index in [0.29, 0.717) is 18.8 Å². The zero-order valence-corrected chi connectivity index (χ0v) is 21.3. The SMILES string of the molecule is Br.CN1C(c2cccc(S(=O)(=O)N(C)C)c2Cl)=CSC1Nc1ccc2c(c1)OCCO2. The third-order valence-electron chi connectivity index (χ3n) is 4.87. The predicted octanol–water partition coefficient (Wildman–Crippen LogP) is 4.31. The summed E-state index contributed by atoms with van der Waals surface area (Å²) in [5.74, 6) is 1.46. The minimum Gasteiger partial charge on any atom is -0.486 e. The molecule has 0 radical (unpaired) electrons. The van der Waals surface area contributed by atoms with E-state index in [2.05, 4.69) is 5.32 Å². The van der Waals surface area contributed by atoms with Gasteiger partial charge in [-0.3, -0.25) is 0 Å². The Morgan fingerprint density at radius 3 is 2.58 bits per heavy atom. The summed E-state index contributed by atoms with van der Waals surface area (Å²) < 4.78 is 37.6. The fourth-order valence-corrected chi connectivity index (χ4v) is 5.74. The van der Waals surface area contributed by atoms with Crippen molar-refractivity contribution in [2.75, 3.05) is 39.7 Å². The molecule has 0 amide bonds. The lowest BCUT2D eigenvalue weighted by molar-refractivity contribution is 0.171. The van der Waals surface area contributed by atoms with Crippen LogP contribution >= 0.6 is 40.3 Å². The monoisotopic (exact) mass is 547 g/mol. The van der Waals surface area contributed by atoms with Crippen molar-refractivity contribution in [3.8, 4) is 11.5 Å². The van der Waals surface area contributed by atoms with Gasteiger partial charge in [-0.25, -0.2) is 12.7 Å². The molecule has 2 aliphatic heterocycles. The Labute approximate surface area is 202 Å². The van der Waals surface area contributed by atoms with Crippen LogP contribution in [0.25, 0.3) is 5.70 Å². The molecule has 2 aromatic rings. The molecule has 4 rings (SSSR count). The number of fused-ring (bicyclic) bond motifs is 1. The van der Waals surface area contributed by atoms with Crippen molar-refractivity contribution in [2.24, 2.45) is 0 Å². The molecule has 0 aliphatic carbocycles. The average molecular weight is 549 g/mol. The van der Waals surface area contributed by atoms with E-state index in [1.807, 2.05) is 41.6 Å². The van der Waals surface area contributed by atoms with Gasteiger partial charge in [0, 0.05) is 38.5 Å². The summed E-state index contributed by atoms with van der Waals surface area (Å²) in [6.45, 7) is 1.09. The zero-order chi connectivity index (χ0) is 21.5. The number of benzene rings is 2. The van der Waals surface area contributed by atoms with Crippen molar-refractivity contribution < 1.29 is 17.9 Å². The average Bonchev–Trinajstić information content (AvgIpc) is 3.08. The highest BCUT2D eigenvalue weighted by Crippen LogP contribution is 2.41. The molecule has 0 spiro atoms. The first-order chi connectivity index (χ1) is 14.3. The topological polar surface area (TPSA) is 71.1 Å². The van der Waals surface area contributed by atoms with Crippen LogP contribution in [-0.4, -0.2) is 57.5 Å². The molecule has 1 N–H and O–H groups in total. The van der Waals surface area contributed by atoms with E-state index in [1.165, 1.54) is 20.2 Å². The molecule has 0 bridgehead atoms. The number of hydrogen-bond acceptors (Lipinski definition) is 7. The van der Waals surface area contributed by atoms with Gasteiger partial charge in [-0.05, 0) is 23.6 Å². The maximum Gasteiger partial charge on any atom is 0.244 e. The van der Waals surface area contributed by atoms with Crippen LogP contribution in [0.5, 0.6) is 11.5 Å². The molecule has 11 heteroatoms. The first kappa shape index (κ1) is 24.1. The Bertz CT molecular complexity index is 1110. The molecule has 0 saturated heterocycles. The van der Waals surface area contributed by atoms with E-state index in [4.69, 9.17) is 21.1 Å². The Kier molecular flexibility index (Phi) is 7.37. The quantitative estimate of drug-likeness (QED) is 0.597. The number of rotatable bonds is 5. The van der Waals surface area contributed by atoms with Gasteiger partial charge in [-0.1, -0.05) is 35.5 Å². The lowest BCUT2D eigenvalue weighted by atomic mass is 10.1. The molecule has 0 fully saturated rings. The molecule has 1 unspecified atom stereocenters. The van der Waals surface area contributed by atoms with Crippen molar-refractivity contribution in [2.45, 2.75) is 10.4 Å².